The number of carbonyl (C=O) groups excluding carboxylic acids is 1. The highest BCUT2D eigenvalue weighted by Crippen LogP contribution is 2.41. The molecule has 0 radical (unpaired) electrons. The van der Waals surface area contributed by atoms with Gasteiger partial charge in [0.2, 0.25) is 0 Å². The first-order chi connectivity index (χ1) is 17.2. The maximum atomic E-state index is 12.4. The van der Waals surface area contributed by atoms with Crippen LogP contribution in [0.3, 0.4) is 0 Å². The molecule has 8 heteroatoms. The lowest BCUT2D eigenvalue weighted by atomic mass is 9.93. The molecule has 5 rings (SSSR count). The van der Waals surface area contributed by atoms with Gasteiger partial charge in [-0.3, -0.25) is 4.98 Å². The van der Waals surface area contributed by atoms with Crippen LogP contribution >= 0.6 is 0 Å². The first-order valence-corrected chi connectivity index (χ1v) is 11.5. The molecule has 0 aliphatic carbocycles. The van der Waals surface area contributed by atoms with E-state index in [-0.39, 0.29) is 6.61 Å². The van der Waals surface area contributed by atoms with Crippen molar-refractivity contribution >= 4 is 5.97 Å². The zero-order valence-corrected chi connectivity index (χ0v) is 19.2. The van der Waals surface area contributed by atoms with Crippen LogP contribution in [0.5, 0.6) is 0 Å². The van der Waals surface area contributed by atoms with Gasteiger partial charge in [0.1, 0.15) is 18.3 Å². The Balaban J connectivity index is 1.50. The van der Waals surface area contributed by atoms with E-state index in [0.29, 0.717) is 17.5 Å². The molecule has 0 amide bonds. The number of benzene rings is 2. The number of nitrogens with zero attached hydrogens (tertiary/aromatic N) is 1. The summed E-state index contributed by atoms with van der Waals surface area (Å²) < 4.78 is 30.2. The summed E-state index contributed by atoms with van der Waals surface area (Å²) in [5.41, 5.74) is 2.74. The van der Waals surface area contributed by atoms with Gasteiger partial charge >= 0.3 is 5.97 Å². The lowest BCUT2D eigenvalue weighted by molar-refractivity contribution is -0.384. The number of rotatable bonds is 6. The van der Waals surface area contributed by atoms with Gasteiger partial charge in [0.15, 0.2) is 12.6 Å². The van der Waals surface area contributed by atoms with Crippen molar-refractivity contribution in [1.29, 1.82) is 0 Å². The SMILES string of the molecule is COC(=O)c1ccncc1C[C@H]1OC(c2ccccc2)O[C@H]2[C@H]1OC(c1ccccc1)O[C@@H]2CO. The molecule has 2 saturated heterocycles. The van der Waals surface area contributed by atoms with Crippen LogP contribution in [0.15, 0.2) is 79.1 Å². The van der Waals surface area contributed by atoms with Gasteiger partial charge in [-0.1, -0.05) is 60.7 Å². The topological polar surface area (TPSA) is 96.3 Å². The molecule has 3 heterocycles. The van der Waals surface area contributed by atoms with E-state index in [1.165, 1.54) is 7.11 Å². The van der Waals surface area contributed by atoms with Crippen LogP contribution in [0.2, 0.25) is 0 Å². The second-order valence-corrected chi connectivity index (χ2v) is 8.45. The summed E-state index contributed by atoms with van der Waals surface area (Å²) in [5.74, 6) is -0.450. The van der Waals surface area contributed by atoms with Crippen LogP contribution in [-0.2, 0) is 30.1 Å². The maximum absolute atomic E-state index is 12.4. The van der Waals surface area contributed by atoms with E-state index in [2.05, 4.69) is 4.98 Å². The van der Waals surface area contributed by atoms with E-state index in [1.54, 1.807) is 18.5 Å². The highest BCUT2D eigenvalue weighted by atomic mass is 16.8. The summed E-state index contributed by atoms with van der Waals surface area (Å²) >= 11 is 0. The number of carbonyl (C=O) groups is 1. The largest absolute Gasteiger partial charge is 0.465 e. The summed E-state index contributed by atoms with van der Waals surface area (Å²) in [4.78, 5) is 16.6. The number of esters is 1. The van der Waals surface area contributed by atoms with Gasteiger partial charge in [-0.25, -0.2) is 4.79 Å². The van der Waals surface area contributed by atoms with Crippen molar-refractivity contribution in [2.75, 3.05) is 13.7 Å². The summed E-state index contributed by atoms with van der Waals surface area (Å²) in [6, 6.07) is 20.7. The van der Waals surface area contributed by atoms with Gasteiger partial charge in [0.05, 0.1) is 25.4 Å². The molecule has 35 heavy (non-hydrogen) atoms. The molecule has 2 aromatic carbocycles. The van der Waals surface area contributed by atoms with Gasteiger partial charge in [-0.15, -0.1) is 0 Å². The van der Waals surface area contributed by atoms with Gasteiger partial charge < -0.3 is 28.8 Å². The third kappa shape index (κ3) is 4.98. The number of hydrogen-bond acceptors (Lipinski definition) is 8. The van der Waals surface area contributed by atoms with E-state index >= 15 is 0 Å². The predicted octanol–water partition coefficient (Wildman–Crippen LogP) is 3.37. The number of fused-ring (bicyclic) bond motifs is 1. The molecule has 2 unspecified atom stereocenters. The standard InChI is InChI=1S/C27H27NO7/c1-31-25(30)20-12-13-28-15-19(20)14-21-23-24(35-26(32-21)17-8-4-2-5-9-17)22(16-29)33-27(34-23)18-10-6-3-7-11-18/h2-13,15,21-24,26-27,29H,14,16H2,1H3/t21-,22-,23+,24-,26?,27?/m1/s1. The second kappa shape index (κ2) is 10.6. The maximum Gasteiger partial charge on any atom is 0.338 e. The summed E-state index contributed by atoms with van der Waals surface area (Å²) in [6.45, 7) is -0.248. The number of pyridine rings is 1. The van der Waals surface area contributed by atoms with Crippen LogP contribution in [0.4, 0.5) is 0 Å². The van der Waals surface area contributed by atoms with Crippen LogP contribution in [0.25, 0.3) is 0 Å². The zero-order valence-electron chi connectivity index (χ0n) is 19.2. The van der Waals surface area contributed by atoms with Gasteiger partial charge in [-0.2, -0.15) is 0 Å². The van der Waals surface area contributed by atoms with Gasteiger partial charge in [0, 0.05) is 29.9 Å². The molecule has 1 N–H and O–H groups in total. The molecule has 0 saturated carbocycles. The average molecular weight is 478 g/mol. The molecule has 3 aromatic rings. The Morgan fingerprint density at radius 2 is 1.43 bits per heavy atom. The van der Waals surface area contributed by atoms with Crippen molar-refractivity contribution in [3.8, 4) is 0 Å². The van der Waals surface area contributed by atoms with Crippen molar-refractivity contribution in [2.24, 2.45) is 0 Å². The highest BCUT2D eigenvalue weighted by molar-refractivity contribution is 5.90. The highest BCUT2D eigenvalue weighted by Gasteiger charge is 2.50. The number of aliphatic hydroxyl groups is 1. The Morgan fingerprint density at radius 1 is 0.857 bits per heavy atom. The van der Waals surface area contributed by atoms with Crippen molar-refractivity contribution in [3.05, 3.63) is 101 Å². The molecule has 6 atom stereocenters. The lowest BCUT2D eigenvalue weighted by Crippen LogP contribution is -2.59. The van der Waals surface area contributed by atoms with E-state index in [9.17, 15) is 9.90 Å². The minimum atomic E-state index is -0.702. The first-order valence-electron chi connectivity index (χ1n) is 11.5. The Kier molecular flexibility index (Phi) is 7.17. The van der Waals surface area contributed by atoms with E-state index in [0.717, 1.165) is 11.1 Å². The fourth-order valence-electron chi connectivity index (χ4n) is 4.54. The fraction of sp³-hybridized carbons (Fsp3) is 0.333. The van der Waals surface area contributed by atoms with Crippen LogP contribution in [0, 0.1) is 0 Å². The number of ether oxygens (including phenoxy) is 5. The minimum Gasteiger partial charge on any atom is -0.465 e. The van der Waals surface area contributed by atoms with Crippen molar-refractivity contribution in [1.82, 2.24) is 4.98 Å². The zero-order chi connectivity index (χ0) is 24.2. The Hall–Kier alpha value is -3.14. The Labute approximate surface area is 203 Å². The minimum absolute atomic E-state index is 0.248. The number of aliphatic hydroxyl groups excluding tert-OH is 1. The molecule has 2 aliphatic rings. The lowest BCUT2D eigenvalue weighted by Gasteiger charge is -2.49. The number of methoxy groups -OCH3 is 1. The molecular weight excluding hydrogens is 450 g/mol. The molecule has 2 fully saturated rings. The van der Waals surface area contributed by atoms with Gasteiger partial charge in [0.25, 0.3) is 0 Å². The van der Waals surface area contributed by atoms with Crippen LogP contribution in [-0.4, -0.2) is 54.2 Å². The van der Waals surface area contributed by atoms with Crippen molar-refractivity contribution < 1.29 is 33.6 Å². The van der Waals surface area contributed by atoms with Crippen LogP contribution < -0.4 is 0 Å². The van der Waals surface area contributed by atoms with E-state index in [1.807, 2.05) is 60.7 Å². The molecular formula is C27H27NO7. The van der Waals surface area contributed by atoms with Crippen molar-refractivity contribution in [3.63, 3.8) is 0 Å². The summed E-state index contributed by atoms with van der Waals surface area (Å²) in [6.07, 6.45) is -0.211. The normalized spacial score (nSPS) is 28.2. The third-order valence-corrected chi connectivity index (χ3v) is 6.27. The third-order valence-electron chi connectivity index (χ3n) is 6.27. The first kappa shape index (κ1) is 23.6. The summed E-state index contributed by atoms with van der Waals surface area (Å²) in [5, 5.41) is 10.2. The molecule has 182 valence electrons. The number of hydrogen-bond donors (Lipinski definition) is 1. The fourth-order valence-corrected chi connectivity index (χ4v) is 4.54. The molecule has 8 nitrogen and oxygen atoms in total. The van der Waals surface area contributed by atoms with E-state index in [4.69, 9.17) is 23.7 Å². The quantitative estimate of drug-likeness (QED) is 0.540. The van der Waals surface area contributed by atoms with E-state index < -0.39 is 43.0 Å². The monoisotopic (exact) mass is 477 g/mol. The Bertz CT molecular complexity index is 1130. The average Bonchev–Trinajstić information content (AvgIpc) is 2.93. The molecule has 0 bridgehead atoms. The van der Waals surface area contributed by atoms with Gasteiger partial charge in [-0.05, 0) is 11.6 Å². The predicted molar refractivity (Wildman–Crippen MR) is 124 cm³/mol. The number of aromatic nitrogens is 1. The smallest absolute Gasteiger partial charge is 0.338 e. The summed E-state index contributed by atoms with van der Waals surface area (Å²) in [7, 11) is 1.34. The molecule has 0 spiro atoms. The molecule has 2 aliphatic heterocycles. The second-order valence-electron chi connectivity index (χ2n) is 8.45. The molecule has 1 aromatic heterocycles. The Morgan fingerprint density at radius 3 is 2.00 bits per heavy atom. The van der Waals surface area contributed by atoms with Crippen LogP contribution in [0.1, 0.15) is 39.6 Å². The van der Waals surface area contributed by atoms with Crippen molar-refractivity contribution in [2.45, 2.75) is 43.4 Å².